The molecule has 0 unspecified atom stereocenters. The first-order chi connectivity index (χ1) is 6.43. The van der Waals surface area contributed by atoms with Crippen molar-refractivity contribution in [1.29, 1.82) is 5.26 Å². The molecule has 0 aliphatic carbocycles. The van der Waals surface area contributed by atoms with Crippen LogP contribution in [0.3, 0.4) is 0 Å². The molecule has 0 saturated carbocycles. The van der Waals surface area contributed by atoms with Crippen LogP contribution in [0.2, 0.25) is 0 Å². The monoisotopic (exact) mass is 195 g/mol. The first kappa shape index (κ1) is 13.0. The Balaban J connectivity index is 4.68. The molecule has 14 heavy (non-hydrogen) atoms. The second-order valence-electron chi connectivity index (χ2n) is 4.39. The van der Waals surface area contributed by atoms with Crippen molar-refractivity contribution in [2.45, 2.75) is 47.5 Å². The van der Waals surface area contributed by atoms with Crippen molar-refractivity contribution in [3.63, 3.8) is 0 Å². The zero-order chi connectivity index (χ0) is 11.2. The molecule has 0 rings (SSSR count). The topological polar surface area (TPSA) is 33.0 Å². The number of rotatable bonds is 4. The Morgan fingerprint density at radius 3 is 2.29 bits per heavy atom. The van der Waals surface area contributed by atoms with Gasteiger partial charge in [0.15, 0.2) is 0 Å². The zero-order valence-corrected chi connectivity index (χ0v) is 9.98. The van der Waals surface area contributed by atoms with Crippen LogP contribution in [0, 0.1) is 16.7 Å². The van der Waals surface area contributed by atoms with Gasteiger partial charge in [0.05, 0.1) is 18.4 Å². The first-order valence-electron chi connectivity index (χ1n) is 5.13. The standard InChI is InChI=1S/C12H21NO/c1-6-14-11(8-7-9-13)10(2)12(3,4)5/h6-8H2,1-5H3/b11-10+. The van der Waals surface area contributed by atoms with Crippen molar-refractivity contribution in [1.82, 2.24) is 0 Å². The van der Waals surface area contributed by atoms with Crippen molar-refractivity contribution in [2.75, 3.05) is 6.61 Å². The fraction of sp³-hybridized carbons (Fsp3) is 0.750. The van der Waals surface area contributed by atoms with Crippen molar-refractivity contribution in [3.8, 4) is 6.07 Å². The molecule has 0 aromatic carbocycles. The summed E-state index contributed by atoms with van der Waals surface area (Å²) in [5.41, 5.74) is 1.37. The van der Waals surface area contributed by atoms with Gasteiger partial charge < -0.3 is 4.74 Å². The van der Waals surface area contributed by atoms with Gasteiger partial charge in [0.25, 0.3) is 0 Å². The van der Waals surface area contributed by atoms with E-state index in [2.05, 4.69) is 33.8 Å². The van der Waals surface area contributed by atoms with E-state index in [1.54, 1.807) is 0 Å². The molecule has 0 bridgehead atoms. The van der Waals surface area contributed by atoms with Crippen LogP contribution < -0.4 is 0 Å². The molecule has 0 fully saturated rings. The maximum atomic E-state index is 8.54. The third kappa shape index (κ3) is 4.32. The van der Waals surface area contributed by atoms with E-state index in [0.29, 0.717) is 13.0 Å². The Kier molecular flexibility index (Phi) is 5.30. The Morgan fingerprint density at radius 2 is 1.93 bits per heavy atom. The molecule has 0 aliphatic rings. The lowest BCUT2D eigenvalue weighted by molar-refractivity contribution is 0.207. The van der Waals surface area contributed by atoms with Crippen LogP contribution in [0.1, 0.15) is 47.5 Å². The lowest BCUT2D eigenvalue weighted by atomic mass is 9.86. The normalized spacial score (nSPS) is 13.1. The van der Waals surface area contributed by atoms with Crippen LogP contribution >= 0.6 is 0 Å². The van der Waals surface area contributed by atoms with Crippen molar-refractivity contribution >= 4 is 0 Å². The Morgan fingerprint density at radius 1 is 1.36 bits per heavy atom. The number of nitrogens with zero attached hydrogens (tertiary/aromatic N) is 1. The van der Waals surface area contributed by atoms with Gasteiger partial charge in [-0.05, 0) is 24.8 Å². The van der Waals surface area contributed by atoms with Crippen LogP contribution in [0.5, 0.6) is 0 Å². The van der Waals surface area contributed by atoms with Crippen LogP contribution in [-0.4, -0.2) is 6.61 Å². The van der Waals surface area contributed by atoms with Crippen molar-refractivity contribution < 1.29 is 4.74 Å². The predicted octanol–water partition coefficient (Wildman–Crippen LogP) is 3.65. The summed E-state index contributed by atoms with van der Waals surface area (Å²) in [6.07, 6.45) is 1.26. The Bertz CT molecular complexity index is 240. The van der Waals surface area contributed by atoms with E-state index < -0.39 is 0 Å². The molecule has 0 amide bonds. The molecule has 2 heteroatoms. The van der Waals surface area contributed by atoms with E-state index >= 15 is 0 Å². The third-order valence-corrected chi connectivity index (χ3v) is 2.33. The molecular weight excluding hydrogens is 174 g/mol. The van der Waals surface area contributed by atoms with Crippen LogP contribution in [-0.2, 0) is 4.74 Å². The Hall–Kier alpha value is -0.970. The lowest BCUT2D eigenvalue weighted by Crippen LogP contribution is -2.11. The highest BCUT2D eigenvalue weighted by molar-refractivity contribution is 5.13. The highest BCUT2D eigenvalue weighted by atomic mass is 16.5. The average Bonchev–Trinajstić information content (AvgIpc) is 2.09. The maximum Gasteiger partial charge on any atom is 0.0964 e. The number of nitriles is 1. The molecule has 0 N–H and O–H groups in total. The fourth-order valence-corrected chi connectivity index (χ4v) is 1.13. The molecule has 2 nitrogen and oxygen atoms in total. The summed E-state index contributed by atoms with van der Waals surface area (Å²) in [5.74, 6) is 0.988. The van der Waals surface area contributed by atoms with Gasteiger partial charge in [-0.1, -0.05) is 20.8 Å². The summed E-state index contributed by atoms with van der Waals surface area (Å²) in [6, 6.07) is 2.15. The van der Waals surface area contributed by atoms with Crippen LogP contribution in [0.15, 0.2) is 11.3 Å². The van der Waals surface area contributed by atoms with Crippen LogP contribution in [0.4, 0.5) is 0 Å². The number of allylic oxidation sites excluding steroid dienone is 2. The maximum absolute atomic E-state index is 8.54. The molecule has 0 atom stereocenters. The molecule has 0 spiro atoms. The van der Waals surface area contributed by atoms with Gasteiger partial charge in [0.2, 0.25) is 0 Å². The van der Waals surface area contributed by atoms with Crippen molar-refractivity contribution in [3.05, 3.63) is 11.3 Å². The molecular formula is C12H21NO. The third-order valence-electron chi connectivity index (χ3n) is 2.33. The van der Waals surface area contributed by atoms with Gasteiger partial charge >= 0.3 is 0 Å². The second-order valence-corrected chi connectivity index (χ2v) is 4.39. The predicted molar refractivity (Wildman–Crippen MR) is 58.6 cm³/mol. The summed E-state index contributed by atoms with van der Waals surface area (Å²) in [4.78, 5) is 0. The minimum absolute atomic E-state index is 0.125. The van der Waals surface area contributed by atoms with Gasteiger partial charge in [-0.2, -0.15) is 5.26 Å². The van der Waals surface area contributed by atoms with E-state index in [-0.39, 0.29) is 5.41 Å². The second kappa shape index (κ2) is 5.70. The number of hydrogen-bond acceptors (Lipinski definition) is 2. The van der Waals surface area contributed by atoms with Gasteiger partial charge in [-0.3, -0.25) is 0 Å². The van der Waals surface area contributed by atoms with E-state index in [9.17, 15) is 0 Å². The first-order valence-corrected chi connectivity index (χ1v) is 5.13. The molecule has 0 radical (unpaired) electrons. The minimum atomic E-state index is 0.125. The SMILES string of the molecule is CCO/C(CCC#N)=C(\C)C(C)(C)C. The smallest absolute Gasteiger partial charge is 0.0964 e. The quantitative estimate of drug-likeness (QED) is 0.641. The summed E-state index contributed by atoms with van der Waals surface area (Å²) in [6.45, 7) is 11.2. The van der Waals surface area contributed by atoms with Gasteiger partial charge in [0.1, 0.15) is 0 Å². The zero-order valence-electron chi connectivity index (χ0n) is 9.98. The molecule has 0 aromatic rings. The number of hydrogen-bond donors (Lipinski definition) is 0. The molecule has 80 valence electrons. The highest BCUT2D eigenvalue weighted by Crippen LogP contribution is 2.29. The van der Waals surface area contributed by atoms with E-state index in [1.165, 1.54) is 5.57 Å². The van der Waals surface area contributed by atoms with Gasteiger partial charge in [-0.15, -0.1) is 0 Å². The minimum Gasteiger partial charge on any atom is -0.498 e. The fourth-order valence-electron chi connectivity index (χ4n) is 1.13. The molecule has 0 heterocycles. The Labute approximate surface area is 87.6 Å². The largest absolute Gasteiger partial charge is 0.498 e. The highest BCUT2D eigenvalue weighted by Gasteiger charge is 2.17. The average molecular weight is 195 g/mol. The number of ether oxygens (including phenoxy) is 1. The lowest BCUT2D eigenvalue weighted by Gasteiger charge is -2.23. The molecule has 0 aliphatic heterocycles. The van der Waals surface area contributed by atoms with Gasteiger partial charge in [-0.25, -0.2) is 0 Å². The molecule has 0 aromatic heterocycles. The van der Waals surface area contributed by atoms with Crippen LogP contribution in [0.25, 0.3) is 0 Å². The van der Waals surface area contributed by atoms with E-state index in [4.69, 9.17) is 10.00 Å². The molecule has 0 saturated heterocycles. The summed E-state index contributed by atoms with van der Waals surface area (Å²) in [5, 5.41) is 8.54. The van der Waals surface area contributed by atoms with Gasteiger partial charge in [0, 0.05) is 12.8 Å². The van der Waals surface area contributed by atoms with E-state index in [1.807, 2.05) is 6.92 Å². The summed E-state index contributed by atoms with van der Waals surface area (Å²) < 4.78 is 5.56. The summed E-state index contributed by atoms with van der Waals surface area (Å²) >= 11 is 0. The van der Waals surface area contributed by atoms with E-state index in [0.717, 1.165) is 12.2 Å². The van der Waals surface area contributed by atoms with Crippen molar-refractivity contribution in [2.24, 2.45) is 5.41 Å². The summed E-state index contributed by atoms with van der Waals surface area (Å²) in [7, 11) is 0.